The molecule has 1 aromatic rings. The molecule has 0 aromatic heterocycles. The Balaban J connectivity index is 2.36. The van der Waals surface area contributed by atoms with Crippen molar-refractivity contribution in [2.45, 2.75) is 40.7 Å². The van der Waals surface area contributed by atoms with Crippen LogP contribution in [-0.4, -0.2) is 19.8 Å². The molecule has 1 N–H and O–H groups in total. The van der Waals surface area contributed by atoms with Crippen LogP contribution in [-0.2, 0) is 4.74 Å². The van der Waals surface area contributed by atoms with Crippen molar-refractivity contribution in [3.8, 4) is 0 Å². The maximum atomic E-state index is 5.57. The predicted octanol–water partition coefficient (Wildman–Crippen LogP) is 3.63. The number of hydrogen-bond acceptors (Lipinski definition) is 2. The lowest BCUT2D eigenvalue weighted by molar-refractivity contribution is 0.110. The van der Waals surface area contributed by atoms with E-state index < -0.39 is 0 Å². The van der Waals surface area contributed by atoms with E-state index in [0.29, 0.717) is 12.0 Å². The van der Waals surface area contributed by atoms with Crippen molar-refractivity contribution in [1.29, 1.82) is 0 Å². The van der Waals surface area contributed by atoms with Gasteiger partial charge in [-0.25, -0.2) is 0 Å². The number of ether oxygens (including phenoxy) is 1. The van der Waals surface area contributed by atoms with E-state index in [9.17, 15) is 0 Å². The monoisotopic (exact) mass is 249 g/mol. The molecule has 0 aliphatic rings. The molecule has 1 unspecified atom stereocenters. The van der Waals surface area contributed by atoms with Crippen molar-refractivity contribution in [2.24, 2.45) is 5.92 Å². The molecule has 0 bridgehead atoms. The van der Waals surface area contributed by atoms with Crippen molar-refractivity contribution in [1.82, 2.24) is 5.32 Å². The fraction of sp³-hybridized carbons (Fsp3) is 0.625. The van der Waals surface area contributed by atoms with E-state index in [1.54, 1.807) is 0 Å². The average molecular weight is 249 g/mol. The minimum Gasteiger partial charge on any atom is -0.380 e. The summed E-state index contributed by atoms with van der Waals surface area (Å²) in [4.78, 5) is 0. The maximum absolute atomic E-state index is 5.57. The zero-order valence-electron chi connectivity index (χ0n) is 12.4. The van der Waals surface area contributed by atoms with E-state index in [0.717, 1.165) is 19.8 Å². The van der Waals surface area contributed by atoms with Crippen molar-refractivity contribution in [2.75, 3.05) is 19.8 Å². The Morgan fingerprint density at radius 1 is 1.17 bits per heavy atom. The molecule has 2 heteroatoms. The third-order valence-corrected chi connectivity index (χ3v) is 3.05. The highest BCUT2D eigenvalue weighted by Crippen LogP contribution is 2.18. The van der Waals surface area contributed by atoms with Crippen molar-refractivity contribution in [3.05, 3.63) is 34.9 Å². The van der Waals surface area contributed by atoms with Crippen molar-refractivity contribution >= 4 is 0 Å². The van der Waals surface area contributed by atoms with E-state index >= 15 is 0 Å². The van der Waals surface area contributed by atoms with Gasteiger partial charge < -0.3 is 10.1 Å². The summed E-state index contributed by atoms with van der Waals surface area (Å²) in [6.45, 7) is 13.4. The van der Waals surface area contributed by atoms with Gasteiger partial charge in [-0.1, -0.05) is 37.6 Å². The fourth-order valence-corrected chi connectivity index (χ4v) is 2.00. The first-order valence-corrected chi connectivity index (χ1v) is 6.89. The molecule has 1 atom stereocenters. The van der Waals surface area contributed by atoms with Gasteiger partial charge >= 0.3 is 0 Å². The number of rotatable bonds is 7. The molecule has 0 radical (unpaired) electrons. The topological polar surface area (TPSA) is 21.3 Å². The Morgan fingerprint density at radius 2 is 1.89 bits per heavy atom. The summed E-state index contributed by atoms with van der Waals surface area (Å²) < 4.78 is 5.57. The molecule has 18 heavy (non-hydrogen) atoms. The molecule has 1 aromatic carbocycles. The molecular weight excluding hydrogens is 222 g/mol. The standard InChI is InChI=1S/C16H27NO/c1-12(2)11-18-9-8-17-15(5)16-10-13(3)6-7-14(16)4/h6-7,10,12,15,17H,8-9,11H2,1-5H3. The zero-order chi connectivity index (χ0) is 13.5. The Kier molecular flexibility index (Phi) is 6.37. The predicted molar refractivity (Wildman–Crippen MR) is 78.0 cm³/mol. The number of aryl methyl sites for hydroxylation is 2. The SMILES string of the molecule is Cc1ccc(C)c(C(C)NCCOCC(C)C)c1. The van der Waals surface area contributed by atoms with Crippen LogP contribution >= 0.6 is 0 Å². The normalized spacial score (nSPS) is 13.0. The van der Waals surface area contributed by atoms with E-state index in [1.807, 2.05) is 0 Å². The van der Waals surface area contributed by atoms with Gasteiger partial charge in [-0.05, 0) is 37.8 Å². The zero-order valence-corrected chi connectivity index (χ0v) is 12.4. The Bertz CT molecular complexity index is 360. The van der Waals surface area contributed by atoms with Gasteiger partial charge in [0.1, 0.15) is 0 Å². The number of hydrogen-bond donors (Lipinski definition) is 1. The van der Waals surface area contributed by atoms with E-state index in [4.69, 9.17) is 4.74 Å². The molecule has 0 amide bonds. The first kappa shape index (κ1) is 15.2. The Hall–Kier alpha value is -0.860. The van der Waals surface area contributed by atoms with Gasteiger partial charge in [0, 0.05) is 19.2 Å². The van der Waals surface area contributed by atoms with Gasteiger partial charge in [-0.15, -0.1) is 0 Å². The van der Waals surface area contributed by atoms with Crippen LogP contribution in [0.4, 0.5) is 0 Å². The second-order valence-corrected chi connectivity index (χ2v) is 5.50. The van der Waals surface area contributed by atoms with Crippen LogP contribution in [0.5, 0.6) is 0 Å². The summed E-state index contributed by atoms with van der Waals surface area (Å²) in [5, 5.41) is 3.52. The highest BCUT2D eigenvalue weighted by atomic mass is 16.5. The first-order valence-electron chi connectivity index (χ1n) is 6.89. The van der Waals surface area contributed by atoms with Gasteiger partial charge in [0.2, 0.25) is 0 Å². The van der Waals surface area contributed by atoms with Crippen LogP contribution < -0.4 is 5.32 Å². The van der Waals surface area contributed by atoms with E-state index in [-0.39, 0.29) is 0 Å². The van der Waals surface area contributed by atoms with E-state index in [1.165, 1.54) is 16.7 Å². The van der Waals surface area contributed by atoms with Crippen LogP contribution in [0, 0.1) is 19.8 Å². The second-order valence-electron chi connectivity index (χ2n) is 5.50. The summed E-state index contributed by atoms with van der Waals surface area (Å²) in [5.74, 6) is 0.612. The fourth-order valence-electron chi connectivity index (χ4n) is 2.00. The van der Waals surface area contributed by atoms with Crippen molar-refractivity contribution < 1.29 is 4.74 Å². The molecule has 0 aliphatic carbocycles. The number of benzene rings is 1. The smallest absolute Gasteiger partial charge is 0.0591 e. The maximum Gasteiger partial charge on any atom is 0.0591 e. The van der Waals surface area contributed by atoms with Gasteiger partial charge in [-0.3, -0.25) is 0 Å². The summed E-state index contributed by atoms with van der Waals surface area (Å²) in [5.41, 5.74) is 4.06. The molecule has 2 nitrogen and oxygen atoms in total. The van der Waals surface area contributed by atoms with Gasteiger partial charge in [0.05, 0.1) is 6.61 Å². The molecule has 0 aliphatic heterocycles. The Labute approximate surface area is 112 Å². The number of nitrogens with one attached hydrogen (secondary N) is 1. The van der Waals surface area contributed by atoms with Crippen LogP contribution in [0.25, 0.3) is 0 Å². The lowest BCUT2D eigenvalue weighted by Crippen LogP contribution is -2.24. The summed E-state index contributed by atoms with van der Waals surface area (Å²) in [7, 11) is 0. The molecule has 102 valence electrons. The largest absolute Gasteiger partial charge is 0.380 e. The summed E-state index contributed by atoms with van der Waals surface area (Å²) in [6.07, 6.45) is 0. The molecule has 0 saturated heterocycles. The van der Waals surface area contributed by atoms with Gasteiger partial charge in [0.25, 0.3) is 0 Å². The molecule has 1 rings (SSSR count). The highest BCUT2D eigenvalue weighted by Gasteiger charge is 2.07. The Morgan fingerprint density at radius 3 is 2.56 bits per heavy atom. The third kappa shape index (κ3) is 5.19. The van der Waals surface area contributed by atoms with Crippen LogP contribution in [0.3, 0.4) is 0 Å². The van der Waals surface area contributed by atoms with Crippen LogP contribution in [0.15, 0.2) is 18.2 Å². The first-order chi connectivity index (χ1) is 8.50. The highest BCUT2D eigenvalue weighted by molar-refractivity contribution is 5.32. The summed E-state index contributed by atoms with van der Waals surface area (Å²) >= 11 is 0. The minimum atomic E-state index is 0.382. The van der Waals surface area contributed by atoms with Gasteiger partial charge in [0.15, 0.2) is 0 Å². The van der Waals surface area contributed by atoms with Crippen molar-refractivity contribution in [3.63, 3.8) is 0 Å². The molecule has 0 saturated carbocycles. The minimum absolute atomic E-state index is 0.382. The molecular formula is C16H27NO. The lowest BCUT2D eigenvalue weighted by Gasteiger charge is -2.17. The lowest BCUT2D eigenvalue weighted by atomic mass is 10.00. The summed E-state index contributed by atoms with van der Waals surface area (Å²) in [6, 6.07) is 7.00. The van der Waals surface area contributed by atoms with Crippen LogP contribution in [0.1, 0.15) is 43.5 Å². The quantitative estimate of drug-likeness (QED) is 0.745. The second kappa shape index (κ2) is 7.55. The van der Waals surface area contributed by atoms with Gasteiger partial charge in [-0.2, -0.15) is 0 Å². The average Bonchev–Trinajstić information content (AvgIpc) is 2.31. The van der Waals surface area contributed by atoms with E-state index in [2.05, 4.69) is 58.1 Å². The third-order valence-electron chi connectivity index (χ3n) is 3.05. The molecule has 0 heterocycles. The van der Waals surface area contributed by atoms with Crippen LogP contribution in [0.2, 0.25) is 0 Å². The molecule has 0 fully saturated rings. The molecule has 0 spiro atoms.